The quantitative estimate of drug-likeness (QED) is 0.863. The molecule has 0 spiro atoms. The summed E-state index contributed by atoms with van der Waals surface area (Å²) in [6.07, 6.45) is 2.43. The molecule has 1 fully saturated rings. The zero-order chi connectivity index (χ0) is 12.1. The van der Waals surface area contributed by atoms with Gasteiger partial charge in [0.1, 0.15) is 6.07 Å². The Bertz CT molecular complexity index is 406. The van der Waals surface area contributed by atoms with E-state index in [0.29, 0.717) is 6.04 Å². The minimum absolute atomic E-state index is 0.556. The van der Waals surface area contributed by atoms with Crippen molar-refractivity contribution in [3.05, 3.63) is 29.8 Å². The Hall–Kier alpha value is -1.53. The number of para-hydroxylation sites is 1. The normalized spacial score (nSPS) is 20.0. The van der Waals surface area contributed by atoms with Crippen LogP contribution in [0.15, 0.2) is 24.3 Å². The molecule has 0 saturated carbocycles. The number of piperidine rings is 1. The second-order valence-electron chi connectivity index (χ2n) is 4.47. The molecule has 1 heterocycles. The molecule has 2 rings (SSSR count). The van der Waals surface area contributed by atoms with Crippen LogP contribution in [0.1, 0.15) is 25.3 Å². The van der Waals surface area contributed by atoms with Crippen LogP contribution >= 0.6 is 0 Å². The predicted octanol–water partition coefficient (Wildman–Crippen LogP) is 2.14. The fourth-order valence-corrected chi connectivity index (χ4v) is 2.50. The minimum Gasteiger partial charge on any atom is -0.369 e. The second kappa shape index (κ2) is 5.70. The molecular weight excluding hydrogens is 210 g/mol. The molecule has 1 aromatic carbocycles. The number of nitrogens with one attached hydrogen (secondary N) is 1. The molecule has 3 heteroatoms. The summed E-state index contributed by atoms with van der Waals surface area (Å²) in [5.74, 6) is 0. The Morgan fingerprint density at radius 2 is 2.29 bits per heavy atom. The van der Waals surface area contributed by atoms with E-state index in [9.17, 15) is 0 Å². The molecule has 0 aliphatic carbocycles. The summed E-state index contributed by atoms with van der Waals surface area (Å²) in [5, 5.41) is 12.6. The van der Waals surface area contributed by atoms with E-state index in [2.05, 4.69) is 23.2 Å². The second-order valence-corrected chi connectivity index (χ2v) is 4.47. The Balaban J connectivity index is 2.14. The third kappa shape index (κ3) is 2.78. The Labute approximate surface area is 103 Å². The van der Waals surface area contributed by atoms with Gasteiger partial charge in [0.05, 0.1) is 11.3 Å². The summed E-state index contributed by atoms with van der Waals surface area (Å²) in [5.41, 5.74) is 1.86. The van der Waals surface area contributed by atoms with Crippen LogP contribution in [0.4, 0.5) is 5.69 Å². The fraction of sp³-hybridized carbons (Fsp3) is 0.500. The number of anilines is 1. The van der Waals surface area contributed by atoms with Crippen LogP contribution in [0.5, 0.6) is 0 Å². The lowest BCUT2D eigenvalue weighted by molar-refractivity contribution is 0.431. The highest BCUT2D eigenvalue weighted by Gasteiger charge is 2.20. The molecule has 3 nitrogen and oxygen atoms in total. The van der Waals surface area contributed by atoms with Crippen molar-refractivity contribution < 1.29 is 0 Å². The Morgan fingerprint density at radius 3 is 3.06 bits per heavy atom. The highest BCUT2D eigenvalue weighted by Crippen LogP contribution is 2.23. The van der Waals surface area contributed by atoms with E-state index in [0.717, 1.165) is 30.9 Å². The van der Waals surface area contributed by atoms with E-state index in [1.165, 1.54) is 12.8 Å². The Kier molecular flexibility index (Phi) is 4.00. The summed E-state index contributed by atoms with van der Waals surface area (Å²) < 4.78 is 0. The van der Waals surface area contributed by atoms with Crippen LogP contribution in [0.25, 0.3) is 0 Å². The lowest BCUT2D eigenvalue weighted by Gasteiger charge is -2.35. The van der Waals surface area contributed by atoms with Gasteiger partial charge in [-0.1, -0.05) is 19.1 Å². The molecule has 1 atom stereocenters. The Morgan fingerprint density at radius 1 is 1.47 bits per heavy atom. The minimum atomic E-state index is 0.556. The molecule has 0 amide bonds. The van der Waals surface area contributed by atoms with Crippen LogP contribution in [0, 0.1) is 11.3 Å². The maximum atomic E-state index is 9.13. The highest BCUT2D eigenvalue weighted by molar-refractivity contribution is 5.59. The van der Waals surface area contributed by atoms with Crippen molar-refractivity contribution in [1.29, 1.82) is 5.26 Å². The van der Waals surface area contributed by atoms with Crippen LogP contribution in [-0.4, -0.2) is 25.7 Å². The summed E-state index contributed by atoms with van der Waals surface area (Å²) >= 11 is 0. The molecule has 1 unspecified atom stereocenters. The van der Waals surface area contributed by atoms with Crippen molar-refractivity contribution in [3.63, 3.8) is 0 Å². The monoisotopic (exact) mass is 229 g/mol. The molecule has 90 valence electrons. The highest BCUT2D eigenvalue weighted by atomic mass is 15.2. The van der Waals surface area contributed by atoms with Crippen LogP contribution in [0.2, 0.25) is 0 Å². The van der Waals surface area contributed by atoms with E-state index >= 15 is 0 Å². The van der Waals surface area contributed by atoms with Crippen LogP contribution in [-0.2, 0) is 0 Å². The molecule has 0 bridgehead atoms. The van der Waals surface area contributed by atoms with E-state index in [1.807, 2.05) is 24.3 Å². The molecule has 0 radical (unpaired) electrons. The van der Waals surface area contributed by atoms with Gasteiger partial charge in [-0.2, -0.15) is 5.26 Å². The smallest absolute Gasteiger partial charge is 0.101 e. The van der Waals surface area contributed by atoms with Crippen LogP contribution < -0.4 is 10.2 Å². The zero-order valence-electron chi connectivity index (χ0n) is 10.3. The van der Waals surface area contributed by atoms with Gasteiger partial charge in [0.2, 0.25) is 0 Å². The van der Waals surface area contributed by atoms with Gasteiger partial charge in [0.25, 0.3) is 0 Å². The first-order valence-electron chi connectivity index (χ1n) is 6.32. The largest absolute Gasteiger partial charge is 0.369 e. The summed E-state index contributed by atoms with van der Waals surface area (Å²) in [4.78, 5) is 2.33. The first-order valence-corrected chi connectivity index (χ1v) is 6.32. The van der Waals surface area contributed by atoms with Gasteiger partial charge < -0.3 is 10.2 Å². The average molecular weight is 229 g/mol. The topological polar surface area (TPSA) is 39.1 Å². The summed E-state index contributed by atoms with van der Waals surface area (Å²) in [6.45, 7) is 5.22. The predicted molar refractivity (Wildman–Crippen MR) is 70.1 cm³/mol. The number of nitriles is 1. The number of hydrogen-bond donors (Lipinski definition) is 1. The maximum Gasteiger partial charge on any atom is 0.101 e. The van der Waals surface area contributed by atoms with E-state index < -0.39 is 0 Å². The average Bonchev–Trinajstić information content (AvgIpc) is 2.39. The lowest BCUT2D eigenvalue weighted by atomic mass is 10.0. The maximum absolute atomic E-state index is 9.13. The van der Waals surface area contributed by atoms with Crippen LogP contribution in [0.3, 0.4) is 0 Å². The van der Waals surface area contributed by atoms with Crippen molar-refractivity contribution in [2.45, 2.75) is 25.8 Å². The standard InChI is InChI=1S/C14H19N3/c1-2-16-13-7-5-9-17(11-13)14-8-4-3-6-12(14)10-15/h3-4,6,8,13,16H,2,5,7,9,11H2,1H3. The van der Waals surface area contributed by atoms with E-state index in [1.54, 1.807) is 0 Å². The van der Waals surface area contributed by atoms with Crippen molar-refractivity contribution in [2.24, 2.45) is 0 Å². The molecule has 0 aromatic heterocycles. The zero-order valence-corrected chi connectivity index (χ0v) is 10.3. The van der Waals surface area contributed by atoms with Gasteiger partial charge in [-0.25, -0.2) is 0 Å². The molecular formula is C14H19N3. The number of benzene rings is 1. The van der Waals surface area contributed by atoms with Gasteiger partial charge >= 0.3 is 0 Å². The lowest BCUT2D eigenvalue weighted by Crippen LogP contribution is -2.45. The van der Waals surface area contributed by atoms with E-state index in [-0.39, 0.29) is 0 Å². The van der Waals surface area contributed by atoms with Gasteiger partial charge in [-0.05, 0) is 31.5 Å². The van der Waals surface area contributed by atoms with Crippen molar-refractivity contribution in [3.8, 4) is 6.07 Å². The SMILES string of the molecule is CCNC1CCCN(c2ccccc2C#N)C1. The first-order chi connectivity index (χ1) is 8.35. The van der Waals surface area contributed by atoms with Gasteiger partial charge in [-0.3, -0.25) is 0 Å². The number of rotatable bonds is 3. The van der Waals surface area contributed by atoms with Gasteiger partial charge in [-0.15, -0.1) is 0 Å². The van der Waals surface area contributed by atoms with Gasteiger partial charge in [0, 0.05) is 19.1 Å². The molecule has 1 aliphatic heterocycles. The molecule has 1 N–H and O–H groups in total. The summed E-state index contributed by atoms with van der Waals surface area (Å²) in [6, 6.07) is 10.7. The third-order valence-corrected chi connectivity index (χ3v) is 3.28. The number of nitrogens with zero attached hydrogens (tertiary/aromatic N) is 2. The van der Waals surface area contributed by atoms with Gasteiger partial charge in [0.15, 0.2) is 0 Å². The van der Waals surface area contributed by atoms with E-state index in [4.69, 9.17) is 5.26 Å². The van der Waals surface area contributed by atoms with Crippen molar-refractivity contribution in [2.75, 3.05) is 24.5 Å². The third-order valence-electron chi connectivity index (χ3n) is 3.28. The first kappa shape index (κ1) is 11.9. The molecule has 17 heavy (non-hydrogen) atoms. The fourth-order valence-electron chi connectivity index (χ4n) is 2.50. The number of hydrogen-bond acceptors (Lipinski definition) is 3. The molecule has 1 aromatic rings. The summed E-state index contributed by atoms with van der Waals surface area (Å²) in [7, 11) is 0. The van der Waals surface area contributed by atoms with Crippen molar-refractivity contribution >= 4 is 5.69 Å². The molecule has 1 aliphatic rings. The number of likely N-dealkylation sites (N-methyl/N-ethyl adjacent to an activating group) is 1. The molecule has 1 saturated heterocycles. The van der Waals surface area contributed by atoms with Crippen molar-refractivity contribution in [1.82, 2.24) is 5.32 Å².